The van der Waals surface area contributed by atoms with E-state index in [0.717, 1.165) is 30.3 Å². The number of aryl methyl sites for hydroxylation is 2. The molecule has 1 heterocycles. The minimum absolute atomic E-state index is 0.717. The molecule has 0 aliphatic heterocycles. The van der Waals surface area contributed by atoms with Crippen molar-refractivity contribution in [2.75, 3.05) is 18.4 Å². The van der Waals surface area contributed by atoms with Crippen molar-refractivity contribution < 1.29 is 0 Å². The van der Waals surface area contributed by atoms with Crippen LogP contribution in [0.15, 0.2) is 6.20 Å². The lowest BCUT2D eigenvalue weighted by Gasteiger charge is -2.16. The number of hydrogen-bond acceptors (Lipinski definition) is 4. The van der Waals surface area contributed by atoms with Crippen molar-refractivity contribution in [2.24, 2.45) is 0 Å². The Balaban J connectivity index is 1.69. The fraction of sp³-hybridized carbons (Fsp3) is 0.733. The van der Waals surface area contributed by atoms with Gasteiger partial charge in [0.2, 0.25) is 0 Å². The molecular weight excluding hydrogens is 236 g/mol. The summed E-state index contributed by atoms with van der Waals surface area (Å²) < 4.78 is 0. The minimum atomic E-state index is 0.717. The summed E-state index contributed by atoms with van der Waals surface area (Å²) >= 11 is 0. The van der Waals surface area contributed by atoms with Gasteiger partial charge in [0.05, 0.1) is 11.4 Å². The molecule has 0 unspecified atom stereocenters. The lowest BCUT2D eigenvalue weighted by atomic mass is 10.1. The maximum absolute atomic E-state index is 4.47. The van der Waals surface area contributed by atoms with Crippen LogP contribution in [0.4, 0.5) is 5.82 Å². The van der Waals surface area contributed by atoms with Gasteiger partial charge in [0, 0.05) is 25.3 Å². The molecule has 0 aromatic carbocycles. The molecule has 0 spiro atoms. The summed E-state index contributed by atoms with van der Waals surface area (Å²) in [6.07, 6.45) is 10.1. The zero-order valence-electron chi connectivity index (χ0n) is 12.2. The Morgan fingerprint density at radius 1 is 1.11 bits per heavy atom. The van der Waals surface area contributed by atoms with Gasteiger partial charge in [-0.15, -0.1) is 0 Å². The van der Waals surface area contributed by atoms with Gasteiger partial charge in [-0.1, -0.05) is 25.7 Å². The summed E-state index contributed by atoms with van der Waals surface area (Å²) in [7, 11) is 0. The van der Waals surface area contributed by atoms with Crippen molar-refractivity contribution in [1.29, 1.82) is 0 Å². The van der Waals surface area contributed by atoms with Gasteiger partial charge in [0.25, 0.3) is 0 Å². The molecule has 0 radical (unpaired) electrons. The predicted molar refractivity (Wildman–Crippen MR) is 79.5 cm³/mol. The van der Waals surface area contributed by atoms with E-state index < -0.39 is 0 Å². The summed E-state index contributed by atoms with van der Waals surface area (Å²) in [6, 6.07) is 0.717. The molecule has 0 atom stereocenters. The van der Waals surface area contributed by atoms with Crippen LogP contribution in [0.1, 0.15) is 49.9 Å². The largest absolute Gasteiger partial charge is 0.367 e. The molecule has 19 heavy (non-hydrogen) atoms. The molecule has 4 nitrogen and oxygen atoms in total. The Bertz CT molecular complexity index is 384. The number of hydrogen-bond donors (Lipinski definition) is 2. The topological polar surface area (TPSA) is 49.8 Å². The van der Waals surface area contributed by atoms with Gasteiger partial charge in [-0.2, -0.15) is 0 Å². The van der Waals surface area contributed by atoms with Crippen LogP contribution in [0.2, 0.25) is 0 Å². The van der Waals surface area contributed by atoms with Crippen LogP contribution in [0.3, 0.4) is 0 Å². The molecule has 1 aromatic heterocycles. The summed E-state index contributed by atoms with van der Waals surface area (Å²) in [4.78, 5) is 8.78. The number of rotatable bonds is 5. The summed E-state index contributed by atoms with van der Waals surface area (Å²) in [5.41, 5.74) is 1.94. The first-order valence-corrected chi connectivity index (χ1v) is 7.53. The van der Waals surface area contributed by atoms with E-state index in [0.29, 0.717) is 6.04 Å². The van der Waals surface area contributed by atoms with Gasteiger partial charge >= 0.3 is 0 Å². The lowest BCUT2D eigenvalue weighted by Crippen LogP contribution is -2.32. The highest BCUT2D eigenvalue weighted by molar-refractivity contribution is 5.39. The van der Waals surface area contributed by atoms with Crippen molar-refractivity contribution in [2.45, 2.75) is 58.4 Å². The zero-order chi connectivity index (χ0) is 13.5. The van der Waals surface area contributed by atoms with Crippen LogP contribution in [-0.2, 0) is 0 Å². The first kappa shape index (κ1) is 14.3. The second-order valence-electron chi connectivity index (χ2n) is 5.51. The van der Waals surface area contributed by atoms with E-state index in [4.69, 9.17) is 0 Å². The average Bonchev–Trinajstić information content (AvgIpc) is 2.67. The summed E-state index contributed by atoms with van der Waals surface area (Å²) in [6.45, 7) is 5.88. The Kier molecular flexibility index (Phi) is 5.58. The SMILES string of the molecule is Cc1cnc(C)c(NCCNC2CCCCCC2)n1. The molecule has 2 rings (SSSR count). The van der Waals surface area contributed by atoms with E-state index in [1.165, 1.54) is 38.5 Å². The third-order valence-electron chi connectivity index (χ3n) is 3.78. The van der Waals surface area contributed by atoms with Crippen molar-refractivity contribution in [1.82, 2.24) is 15.3 Å². The molecule has 1 saturated carbocycles. The maximum atomic E-state index is 4.47. The van der Waals surface area contributed by atoms with E-state index in [-0.39, 0.29) is 0 Å². The van der Waals surface area contributed by atoms with Crippen LogP contribution >= 0.6 is 0 Å². The molecule has 1 aliphatic carbocycles. The molecule has 0 amide bonds. The smallest absolute Gasteiger partial charge is 0.147 e. The number of anilines is 1. The molecule has 4 heteroatoms. The third kappa shape index (κ3) is 4.78. The van der Waals surface area contributed by atoms with Crippen molar-refractivity contribution in [3.63, 3.8) is 0 Å². The first-order valence-electron chi connectivity index (χ1n) is 7.53. The molecule has 106 valence electrons. The highest BCUT2D eigenvalue weighted by atomic mass is 15.0. The lowest BCUT2D eigenvalue weighted by molar-refractivity contribution is 0.468. The highest BCUT2D eigenvalue weighted by Crippen LogP contribution is 2.16. The Morgan fingerprint density at radius 2 is 1.84 bits per heavy atom. The standard InChI is InChI=1S/C15H26N4/c1-12-11-18-13(2)15(19-12)17-10-9-16-14-7-5-3-4-6-8-14/h11,14,16H,3-10H2,1-2H3,(H,17,19). The van der Waals surface area contributed by atoms with E-state index in [1.807, 2.05) is 20.0 Å². The third-order valence-corrected chi connectivity index (χ3v) is 3.78. The Labute approximate surface area is 116 Å². The molecule has 1 aliphatic rings. The van der Waals surface area contributed by atoms with E-state index in [9.17, 15) is 0 Å². The molecule has 0 saturated heterocycles. The van der Waals surface area contributed by atoms with E-state index in [2.05, 4.69) is 20.6 Å². The van der Waals surface area contributed by atoms with Gasteiger partial charge in [-0.05, 0) is 26.7 Å². The van der Waals surface area contributed by atoms with Crippen LogP contribution < -0.4 is 10.6 Å². The highest BCUT2D eigenvalue weighted by Gasteiger charge is 2.10. The first-order chi connectivity index (χ1) is 9.25. The van der Waals surface area contributed by atoms with Crippen LogP contribution in [-0.4, -0.2) is 29.1 Å². The van der Waals surface area contributed by atoms with E-state index >= 15 is 0 Å². The molecule has 2 N–H and O–H groups in total. The molecule has 0 bridgehead atoms. The molecule has 1 aromatic rings. The van der Waals surface area contributed by atoms with Crippen LogP contribution in [0, 0.1) is 13.8 Å². The van der Waals surface area contributed by atoms with E-state index in [1.54, 1.807) is 0 Å². The van der Waals surface area contributed by atoms with Gasteiger partial charge < -0.3 is 10.6 Å². The van der Waals surface area contributed by atoms with Crippen LogP contribution in [0.25, 0.3) is 0 Å². The zero-order valence-corrected chi connectivity index (χ0v) is 12.2. The second kappa shape index (κ2) is 7.43. The Morgan fingerprint density at radius 3 is 2.58 bits per heavy atom. The van der Waals surface area contributed by atoms with Crippen molar-refractivity contribution in [3.05, 3.63) is 17.6 Å². The fourth-order valence-electron chi connectivity index (χ4n) is 2.65. The van der Waals surface area contributed by atoms with Crippen molar-refractivity contribution in [3.8, 4) is 0 Å². The Hall–Kier alpha value is -1.16. The second-order valence-corrected chi connectivity index (χ2v) is 5.51. The van der Waals surface area contributed by atoms with Crippen molar-refractivity contribution >= 4 is 5.82 Å². The van der Waals surface area contributed by atoms with Gasteiger partial charge in [-0.25, -0.2) is 4.98 Å². The minimum Gasteiger partial charge on any atom is -0.367 e. The normalized spacial score (nSPS) is 17.2. The quantitative estimate of drug-likeness (QED) is 0.633. The number of aromatic nitrogens is 2. The number of nitrogens with one attached hydrogen (secondary N) is 2. The molecule has 1 fully saturated rings. The summed E-state index contributed by atoms with van der Waals surface area (Å²) in [5, 5.41) is 7.03. The van der Waals surface area contributed by atoms with Gasteiger partial charge in [-0.3, -0.25) is 4.98 Å². The van der Waals surface area contributed by atoms with Crippen LogP contribution in [0.5, 0.6) is 0 Å². The summed E-state index contributed by atoms with van der Waals surface area (Å²) in [5.74, 6) is 0.919. The maximum Gasteiger partial charge on any atom is 0.147 e. The monoisotopic (exact) mass is 262 g/mol. The fourth-order valence-corrected chi connectivity index (χ4v) is 2.65. The predicted octanol–water partition coefficient (Wildman–Crippen LogP) is 2.82. The molecular formula is C15H26N4. The van der Waals surface area contributed by atoms with Gasteiger partial charge in [0.15, 0.2) is 0 Å². The average molecular weight is 262 g/mol. The number of nitrogens with zero attached hydrogens (tertiary/aromatic N) is 2. The van der Waals surface area contributed by atoms with Gasteiger partial charge in [0.1, 0.15) is 5.82 Å².